The Hall–Kier alpha value is -4.17. The molecule has 0 saturated carbocycles. The molecule has 0 unspecified atom stereocenters. The zero-order chi connectivity index (χ0) is 22.3. The van der Waals surface area contributed by atoms with E-state index in [4.69, 9.17) is 4.74 Å². The van der Waals surface area contributed by atoms with Gasteiger partial charge in [0.05, 0.1) is 0 Å². The normalized spacial score (nSPS) is 10.3. The fourth-order valence-electron chi connectivity index (χ4n) is 3.61. The summed E-state index contributed by atoms with van der Waals surface area (Å²) in [6, 6.07) is 38.8. The molecule has 0 saturated heterocycles. The highest BCUT2D eigenvalue weighted by molar-refractivity contribution is 6.04. The predicted molar refractivity (Wildman–Crippen MR) is 131 cm³/mol. The summed E-state index contributed by atoms with van der Waals surface area (Å²) >= 11 is 0. The van der Waals surface area contributed by atoms with Crippen molar-refractivity contribution in [2.24, 2.45) is 0 Å². The van der Waals surface area contributed by atoms with Crippen LogP contribution in [0.25, 0.3) is 11.1 Å². The average molecular weight is 417 g/mol. The first kappa shape index (κ1) is 21.1. The van der Waals surface area contributed by atoms with Gasteiger partial charge in [-0.3, -0.25) is 0 Å². The van der Waals surface area contributed by atoms with Crippen molar-refractivity contribution in [1.82, 2.24) is 0 Å². The average Bonchev–Trinajstić information content (AvgIpc) is 2.84. The third-order valence-electron chi connectivity index (χ3n) is 5.14. The molecule has 0 bridgehead atoms. The van der Waals surface area contributed by atoms with Crippen LogP contribution in [0.5, 0.6) is 5.75 Å². The number of rotatable bonds is 6. The lowest BCUT2D eigenvalue weighted by atomic mass is 9.86. The Kier molecular flexibility index (Phi) is 6.43. The van der Waals surface area contributed by atoms with Crippen LogP contribution >= 0.6 is 0 Å². The van der Waals surface area contributed by atoms with Crippen molar-refractivity contribution in [3.63, 3.8) is 0 Å². The van der Waals surface area contributed by atoms with E-state index in [1.165, 1.54) is 0 Å². The van der Waals surface area contributed by atoms with E-state index in [0.717, 1.165) is 33.4 Å². The molecule has 2 heteroatoms. The van der Waals surface area contributed by atoms with Crippen molar-refractivity contribution in [3.05, 3.63) is 150 Å². The van der Waals surface area contributed by atoms with Gasteiger partial charge in [0.25, 0.3) is 0 Å². The Labute approximate surface area is 189 Å². The van der Waals surface area contributed by atoms with E-state index in [1.807, 2.05) is 54.6 Å². The second-order valence-corrected chi connectivity index (χ2v) is 7.54. The summed E-state index contributed by atoms with van der Waals surface area (Å²) in [6.45, 7) is 5.28. The third-order valence-corrected chi connectivity index (χ3v) is 5.14. The second-order valence-electron chi connectivity index (χ2n) is 7.54. The Morgan fingerprint density at radius 2 is 0.906 bits per heavy atom. The predicted octanol–water partition coefficient (Wildman–Crippen LogP) is 7.18. The standard InChI is InChI=1S/C30H24O2/c1-22(2)30(31)32-27-20-18-26(19-21-27)29(25-16-10-5-11-17-25)28(23-12-6-3-7-13-23)24-14-8-4-9-15-24/h3-21H,1H2,2H3. The molecule has 4 aromatic carbocycles. The number of ether oxygens (including phenoxy) is 1. The maximum atomic E-state index is 11.9. The first-order valence-corrected chi connectivity index (χ1v) is 10.5. The Balaban J connectivity index is 1.93. The van der Waals surface area contributed by atoms with Gasteiger partial charge in [0.1, 0.15) is 5.75 Å². The van der Waals surface area contributed by atoms with Gasteiger partial charge in [-0.15, -0.1) is 0 Å². The summed E-state index contributed by atoms with van der Waals surface area (Å²) in [6.07, 6.45) is 0. The molecule has 0 fully saturated rings. The molecule has 32 heavy (non-hydrogen) atoms. The van der Waals surface area contributed by atoms with Gasteiger partial charge in [-0.2, -0.15) is 0 Å². The van der Waals surface area contributed by atoms with E-state index in [2.05, 4.69) is 67.2 Å². The number of benzene rings is 4. The Bertz CT molecular complexity index is 1200. The number of carbonyl (C=O) groups is 1. The molecule has 0 amide bonds. The van der Waals surface area contributed by atoms with E-state index in [9.17, 15) is 4.79 Å². The lowest BCUT2D eigenvalue weighted by Gasteiger charge is -2.18. The summed E-state index contributed by atoms with van der Waals surface area (Å²) in [5, 5.41) is 0. The van der Waals surface area contributed by atoms with Gasteiger partial charge in [-0.05, 0) is 52.5 Å². The van der Waals surface area contributed by atoms with E-state index in [-0.39, 0.29) is 0 Å². The van der Waals surface area contributed by atoms with E-state index >= 15 is 0 Å². The number of esters is 1. The molecule has 0 heterocycles. The van der Waals surface area contributed by atoms with Crippen molar-refractivity contribution in [3.8, 4) is 5.75 Å². The van der Waals surface area contributed by atoms with Gasteiger partial charge in [0.2, 0.25) is 0 Å². The lowest BCUT2D eigenvalue weighted by Crippen LogP contribution is -2.08. The molecule has 0 aliphatic carbocycles. The zero-order valence-electron chi connectivity index (χ0n) is 18.0. The topological polar surface area (TPSA) is 26.3 Å². The van der Waals surface area contributed by atoms with E-state index < -0.39 is 5.97 Å². The third kappa shape index (κ3) is 4.76. The minimum Gasteiger partial charge on any atom is -0.423 e. The van der Waals surface area contributed by atoms with E-state index in [1.54, 1.807) is 6.92 Å². The highest BCUT2D eigenvalue weighted by Crippen LogP contribution is 2.37. The molecule has 0 aromatic heterocycles. The molecular weight excluding hydrogens is 392 g/mol. The van der Waals surface area contributed by atoms with Crippen LogP contribution in [0, 0.1) is 0 Å². The minimum atomic E-state index is -0.425. The minimum absolute atomic E-state index is 0.370. The molecule has 0 N–H and O–H groups in total. The fourth-order valence-corrected chi connectivity index (χ4v) is 3.61. The number of hydrogen-bond acceptors (Lipinski definition) is 2. The van der Waals surface area contributed by atoms with Crippen LogP contribution in [-0.4, -0.2) is 5.97 Å². The van der Waals surface area contributed by atoms with Crippen LogP contribution < -0.4 is 4.74 Å². The summed E-state index contributed by atoms with van der Waals surface area (Å²) in [4.78, 5) is 11.9. The smallest absolute Gasteiger partial charge is 0.338 e. The largest absolute Gasteiger partial charge is 0.423 e. The first-order chi connectivity index (χ1) is 15.6. The molecule has 0 atom stereocenters. The van der Waals surface area contributed by atoms with Gasteiger partial charge in [-0.25, -0.2) is 4.79 Å². The first-order valence-electron chi connectivity index (χ1n) is 10.5. The monoisotopic (exact) mass is 416 g/mol. The highest BCUT2D eigenvalue weighted by atomic mass is 16.5. The van der Waals surface area contributed by atoms with Crippen molar-refractivity contribution < 1.29 is 9.53 Å². The highest BCUT2D eigenvalue weighted by Gasteiger charge is 2.16. The van der Waals surface area contributed by atoms with Crippen LogP contribution in [0.4, 0.5) is 0 Å². The molecule has 156 valence electrons. The zero-order valence-corrected chi connectivity index (χ0v) is 18.0. The van der Waals surface area contributed by atoms with Crippen LogP contribution in [0.15, 0.2) is 127 Å². The molecule has 4 aromatic rings. The summed E-state index contributed by atoms with van der Waals surface area (Å²) < 4.78 is 5.39. The second kappa shape index (κ2) is 9.76. The van der Waals surface area contributed by atoms with Gasteiger partial charge in [0.15, 0.2) is 0 Å². The van der Waals surface area contributed by atoms with E-state index in [0.29, 0.717) is 11.3 Å². The SMILES string of the molecule is C=C(C)C(=O)Oc1ccc(C(=C(c2ccccc2)c2ccccc2)c2ccccc2)cc1. The number of carbonyl (C=O) groups excluding carboxylic acids is 1. The summed E-state index contributed by atoms with van der Waals surface area (Å²) in [5.41, 5.74) is 7.04. The molecule has 2 nitrogen and oxygen atoms in total. The molecule has 0 aliphatic heterocycles. The quantitative estimate of drug-likeness (QED) is 0.144. The van der Waals surface area contributed by atoms with Gasteiger partial charge < -0.3 is 4.74 Å². The summed E-state index contributed by atoms with van der Waals surface area (Å²) in [5.74, 6) is 0.0703. The van der Waals surface area contributed by atoms with Gasteiger partial charge >= 0.3 is 5.97 Å². The van der Waals surface area contributed by atoms with Crippen LogP contribution in [0.3, 0.4) is 0 Å². The van der Waals surface area contributed by atoms with Crippen molar-refractivity contribution in [2.45, 2.75) is 6.92 Å². The molecular formula is C30H24O2. The maximum absolute atomic E-state index is 11.9. The van der Waals surface area contributed by atoms with Crippen molar-refractivity contribution >= 4 is 17.1 Å². The van der Waals surface area contributed by atoms with Crippen LogP contribution in [-0.2, 0) is 4.79 Å². The molecule has 0 aliphatic rings. The Morgan fingerprint density at radius 1 is 0.562 bits per heavy atom. The lowest BCUT2D eigenvalue weighted by molar-refractivity contribution is -0.130. The number of hydrogen-bond donors (Lipinski definition) is 0. The molecule has 0 spiro atoms. The van der Waals surface area contributed by atoms with Crippen molar-refractivity contribution in [2.75, 3.05) is 0 Å². The molecule has 4 rings (SSSR count). The maximum Gasteiger partial charge on any atom is 0.338 e. The van der Waals surface area contributed by atoms with Gasteiger partial charge in [0, 0.05) is 5.57 Å². The van der Waals surface area contributed by atoms with Gasteiger partial charge in [-0.1, -0.05) is 110 Å². The van der Waals surface area contributed by atoms with Crippen molar-refractivity contribution in [1.29, 1.82) is 0 Å². The fraction of sp³-hybridized carbons (Fsp3) is 0.0333. The van der Waals surface area contributed by atoms with Crippen LogP contribution in [0.1, 0.15) is 29.2 Å². The Morgan fingerprint density at radius 3 is 1.25 bits per heavy atom. The van der Waals surface area contributed by atoms with Crippen LogP contribution in [0.2, 0.25) is 0 Å². The molecule has 0 radical (unpaired) electrons. The summed E-state index contributed by atoms with van der Waals surface area (Å²) in [7, 11) is 0.